The van der Waals surface area contributed by atoms with E-state index in [9.17, 15) is 9.59 Å². The largest absolute Gasteiger partial charge is 0.493 e. The van der Waals surface area contributed by atoms with Crippen LogP contribution in [-0.4, -0.2) is 23.5 Å². The van der Waals surface area contributed by atoms with E-state index < -0.39 is 6.09 Å². The van der Waals surface area contributed by atoms with Crippen LogP contribution in [0, 0.1) is 0 Å². The zero-order valence-electron chi connectivity index (χ0n) is 29.8. The van der Waals surface area contributed by atoms with Gasteiger partial charge in [-0.1, -0.05) is 123 Å². The van der Waals surface area contributed by atoms with Gasteiger partial charge in [-0.3, -0.25) is 4.79 Å². The normalized spacial score (nSPS) is 11.3. The second-order valence-electron chi connectivity index (χ2n) is 13.7. The molecule has 6 heteroatoms. The Hall–Kier alpha value is -3.67. The number of nitrogens with zero attached hydrogens (tertiary/aromatic N) is 2. The maximum atomic E-state index is 13.5. The van der Waals surface area contributed by atoms with Crippen molar-refractivity contribution in [3.8, 4) is 5.75 Å². The molecular weight excluding hydrogens is 584 g/mol. The number of carbonyl (C=O) groups excluding carboxylic acids is 2. The second kappa shape index (κ2) is 20.5. The molecule has 0 saturated carbocycles. The highest BCUT2D eigenvalue weighted by molar-refractivity contribution is 6.02. The number of benzene rings is 2. The first-order chi connectivity index (χ1) is 22.7. The van der Waals surface area contributed by atoms with Crippen molar-refractivity contribution in [2.45, 2.75) is 137 Å². The lowest BCUT2D eigenvalue weighted by molar-refractivity contribution is -0.694. The highest BCUT2D eigenvalue weighted by Gasteiger charge is 2.26. The first kappa shape index (κ1) is 37.8. The minimum atomic E-state index is -0.671. The fourth-order valence-electron chi connectivity index (χ4n) is 5.73. The minimum Gasteiger partial charge on any atom is -0.493 e. The predicted molar refractivity (Wildman–Crippen MR) is 191 cm³/mol. The molecule has 0 fully saturated rings. The number of carbonyl (C=O) groups is 2. The first-order valence-electron chi connectivity index (χ1n) is 18.0. The summed E-state index contributed by atoms with van der Waals surface area (Å²) in [6.45, 7) is 12.5. The van der Waals surface area contributed by atoms with Gasteiger partial charge in [0, 0.05) is 17.2 Å². The van der Waals surface area contributed by atoms with Gasteiger partial charge in [0.2, 0.25) is 0 Å². The maximum absolute atomic E-state index is 13.5. The summed E-state index contributed by atoms with van der Waals surface area (Å²) in [5.74, 6) is 0.490. The highest BCUT2D eigenvalue weighted by atomic mass is 16.6. The Morgan fingerprint density at radius 3 is 2.00 bits per heavy atom. The molecule has 3 rings (SSSR count). The number of pyridine rings is 1. The van der Waals surface area contributed by atoms with Crippen LogP contribution in [-0.2, 0) is 29.8 Å². The van der Waals surface area contributed by atoms with E-state index in [4.69, 9.17) is 9.47 Å². The van der Waals surface area contributed by atoms with Crippen molar-refractivity contribution in [2.75, 3.05) is 6.61 Å². The van der Waals surface area contributed by atoms with E-state index >= 15 is 0 Å². The molecule has 2 amide bonds. The summed E-state index contributed by atoms with van der Waals surface area (Å²) in [6.07, 6.45) is 19.0. The van der Waals surface area contributed by atoms with Gasteiger partial charge in [-0.15, -0.1) is 0 Å². The molecular formula is C41H59N2O4+. The molecule has 0 aliphatic rings. The molecule has 0 aliphatic carbocycles. The van der Waals surface area contributed by atoms with E-state index in [1.165, 1.54) is 75.5 Å². The lowest BCUT2D eigenvalue weighted by Gasteiger charge is -2.24. The second-order valence-corrected chi connectivity index (χ2v) is 13.7. The number of rotatable bonds is 20. The topological polar surface area (TPSA) is 59.7 Å². The molecule has 0 unspecified atom stereocenters. The summed E-state index contributed by atoms with van der Waals surface area (Å²) in [5.41, 5.74) is 3.07. The van der Waals surface area contributed by atoms with Crippen molar-refractivity contribution in [3.05, 3.63) is 95.3 Å². The summed E-state index contributed by atoms with van der Waals surface area (Å²) in [7, 11) is 0. The van der Waals surface area contributed by atoms with Crippen LogP contribution in [0.3, 0.4) is 0 Å². The molecule has 1 heterocycles. The number of unbranched alkanes of at least 4 members (excludes halogenated alkanes) is 11. The van der Waals surface area contributed by atoms with E-state index in [0.717, 1.165) is 35.4 Å². The highest BCUT2D eigenvalue weighted by Crippen LogP contribution is 2.33. The summed E-state index contributed by atoms with van der Waals surface area (Å²) >= 11 is 0. The third-order valence-electron chi connectivity index (χ3n) is 8.58. The van der Waals surface area contributed by atoms with Crippen molar-refractivity contribution in [1.29, 1.82) is 0 Å². The van der Waals surface area contributed by atoms with Gasteiger partial charge < -0.3 is 9.47 Å². The van der Waals surface area contributed by atoms with Crippen LogP contribution in [0.15, 0.2) is 73.1 Å². The van der Waals surface area contributed by atoms with E-state index in [1.54, 1.807) is 24.3 Å². The molecule has 0 aliphatic heterocycles. The molecule has 0 spiro atoms. The van der Waals surface area contributed by atoms with E-state index in [1.807, 2.05) is 54.2 Å². The molecule has 2 aromatic carbocycles. The third-order valence-corrected chi connectivity index (χ3v) is 8.58. The van der Waals surface area contributed by atoms with Crippen LogP contribution in [0.1, 0.15) is 139 Å². The molecule has 0 saturated heterocycles. The monoisotopic (exact) mass is 643 g/mol. The van der Waals surface area contributed by atoms with Gasteiger partial charge in [0.25, 0.3) is 5.91 Å². The molecule has 3 aromatic rings. The van der Waals surface area contributed by atoms with Crippen LogP contribution >= 0.6 is 0 Å². The SMILES string of the molecule is CCCCCCCCCCCCCCOc1ccc(COC(=O)N(Cc2ccc[n+](CC)c2)C(=O)c2ccccc2)cc1C(C)(C)C. The van der Waals surface area contributed by atoms with E-state index in [2.05, 4.69) is 33.8 Å². The standard InChI is InChI=1S/C41H59N2O4/c1-6-8-9-10-11-12-13-14-15-16-17-21-29-46-38-27-26-34(30-37(38)41(3,4)5)33-47-40(45)43(39(44)36-24-19-18-20-25-36)32-35-23-22-28-42(7-2)31-35/h18-20,22-28,30-31H,6-17,21,29,32-33H2,1-5H3/q+1. The minimum absolute atomic E-state index is 0.0588. The lowest BCUT2D eigenvalue weighted by Crippen LogP contribution is -2.38. The quantitative estimate of drug-likeness (QED) is 0.0908. The zero-order chi connectivity index (χ0) is 33.9. The van der Waals surface area contributed by atoms with E-state index in [-0.39, 0.29) is 24.5 Å². The molecule has 1 aromatic heterocycles. The van der Waals surface area contributed by atoms with Crippen molar-refractivity contribution in [3.63, 3.8) is 0 Å². The summed E-state index contributed by atoms with van der Waals surface area (Å²) in [5, 5.41) is 0. The number of amides is 2. The van der Waals surface area contributed by atoms with Crippen molar-refractivity contribution < 1.29 is 23.6 Å². The van der Waals surface area contributed by atoms with Gasteiger partial charge in [-0.05, 0) is 60.2 Å². The molecule has 256 valence electrons. The van der Waals surface area contributed by atoms with Gasteiger partial charge >= 0.3 is 6.09 Å². The van der Waals surface area contributed by atoms with Crippen LogP contribution in [0.4, 0.5) is 4.79 Å². The van der Waals surface area contributed by atoms with Gasteiger partial charge in [0.15, 0.2) is 12.4 Å². The van der Waals surface area contributed by atoms with Gasteiger partial charge in [-0.25, -0.2) is 14.3 Å². The first-order valence-corrected chi connectivity index (χ1v) is 18.0. The Morgan fingerprint density at radius 2 is 1.38 bits per heavy atom. The smallest absolute Gasteiger partial charge is 0.417 e. The van der Waals surface area contributed by atoms with Crippen molar-refractivity contribution in [1.82, 2.24) is 4.90 Å². The van der Waals surface area contributed by atoms with Gasteiger partial charge in [-0.2, -0.15) is 0 Å². The van der Waals surface area contributed by atoms with Crippen LogP contribution < -0.4 is 9.30 Å². The molecule has 47 heavy (non-hydrogen) atoms. The number of aromatic nitrogens is 1. The van der Waals surface area contributed by atoms with Crippen LogP contribution in [0.25, 0.3) is 0 Å². The Bertz CT molecular complexity index is 1350. The van der Waals surface area contributed by atoms with Crippen molar-refractivity contribution in [2.24, 2.45) is 0 Å². The zero-order valence-corrected chi connectivity index (χ0v) is 29.8. The fourth-order valence-corrected chi connectivity index (χ4v) is 5.73. The van der Waals surface area contributed by atoms with Crippen LogP contribution in [0.5, 0.6) is 5.75 Å². The molecule has 0 atom stereocenters. The number of hydrogen-bond acceptors (Lipinski definition) is 4. The molecule has 0 N–H and O–H groups in total. The van der Waals surface area contributed by atoms with Gasteiger partial charge in [0.05, 0.1) is 13.2 Å². The van der Waals surface area contributed by atoms with Crippen LogP contribution in [0.2, 0.25) is 0 Å². The van der Waals surface area contributed by atoms with Crippen molar-refractivity contribution >= 4 is 12.0 Å². The number of hydrogen-bond donors (Lipinski definition) is 0. The van der Waals surface area contributed by atoms with Gasteiger partial charge in [0.1, 0.15) is 18.9 Å². The number of aryl methyl sites for hydroxylation is 1. The maximum Gasteiger partial charge on any atom is 0.417 e. The summed E-state index contributed by atoms with van der Waals surface area (Å²) in [6, 6.07) is 18.7. The third kappa shape index (κ3) is 13.5. The predicted octanol–water partition coefficient (Wildman–Crippen LogP) is 10.4. The van der Waals surface area contributed by atoms with E-state index in [0.29, 0.717) is 12.2 Å². The average Bonchev–Trinajstić information content (AvgIpc) is 3.08. The molecule has 0 radical (unpaired) electrons. The Labute approximate surface area is 284 Å². The Balaban J connectivity index is 1.54. The molecule has 6 nitrogen and oxygen atoms in total. The number of imide groups is 1. The Morgan fingerprint density at radius 1 is 0.745 bits per heavy atom. The lowest BCUT2D eigenvalue weighted by atomic mass is 9.85. The average molecular weight is 644 g/mol. The number of ether oxygens (including phenoxy) is 2. The summed E-state index contributed by atoms with van der Waals surface area (Å²) in [4.78, 5) is 28.1. The fraction of sp³-hybridized carbons (Fsp3) is 0.537. The summed E-state index contributed by atoms with van der Waals surface area (Å²) < 4.78 is 14.1. The molecule has 0 bridgehead atoms. The Kier molecular flexibility index (Phi) is 16.5.